The number of alkyl halides is 20. The van der Waals surface area contributed by atoms with E-state index in [-0.39, 0.29) is 19.4 Å². The van der Waals surface area contributed by atoms with Crippen LogP contribution in [0.5, 0.6) is 0 Å². The molecule has 1 N–H and O–H groups in total. The summed E-state index contributed by atoms with van der Waals surface area (Å²) in [6, 6.07) is 2.33. The topological polar surface area (TPSA) is 81.3 Å². The molecule has 0 aliphatic rings. The second-order valence-electron chi connectivity index (χ2n) is 8.57. The van der Waals surface area contributed by atoms with Gasteiger partial charge < -0.3 is 9.66 Å². The van der Waals surface area contributed by atoms with Crippen LogP contribution in [0.25, 0.3) is 0 Å². The van der Waals surface area contributed by atoms with Gasteiger partial charge in [-0.2, -0.15) is 87.8 Å². The molecular weight excluding hydrogens is 718 g/mol. The van der Waals surface area contributed by atoms with Gasteiger partial charge in [-0.15, -0.1) is 0 Å². The molecule has 0 spiro atoms. The number of nitrogens with zero attached hydrogens (tertiary/aromatic N) is 1. The zero-order chi connectivity index (χ0) is 36.5. The third-order valence-corrected chi connectivity index (χ3v) is 5.91. The molecule has 0 unspecified atom stereocenters. The highest BCUT2D eigenvalue weighted by atomic mass is 32.2. The van der Waals surface area contributed by atoms with Crippen molar-refractivity contribution in [1.82, 2.24) is 0 Å². The van der Waals surface area contributed by atoms with Crippen molar-refractivity contribution in [2.45, 2.75) is 78.9 Å². The van der Waals surface area contributed by atoms with Crippen LogP contribution in [0, 0.1) is 0 Å². The van der Waals surface area contributed by atoms with E-state index in [2.05, 4.69) is 0 Å². The standard InChI is InChI=1S/C18H15F17NO.CHF3O3S/c19-11(20,5-8-36-6-3-10(4-7-36)2-1-9-37)12(21,22)13(23,24)14(25,26)15(27,28)16(29,30)17(31,32)18(33,34)35;2-1(3,4)8(5,6)7/h3-4,6-7,37H,1-2,5,8-9H2;(H,5,6,7)/q+1;/p-1. The first kappa shape index (κ1) is 42.6. The van der Waals surface area contributed by atoms with Gasteiger partial charge in [-0.1, -0.05) is 0 Å². The SMILES string of the molecule is O=S(=O)([O-])C(F)(F)F.OCCCc1cc[n+](CCC(F)(F)C(F)(F)C(F)(F)C(F)(F)C(F)(F)C(F)(F)C(F)(F)C(F)(F)F)cc1. The van der Waals surface area contributed by atoms with Crippen molar-refractivity contribution >= 4 is 10.1 Å². The van der Waals surface area contributed by atoms with Crippen LogP contribution < -0.4 is 4.57 Å². The molecule has 0 aliphatic heterocycles. The average Bonchev–Trinajstić information content (AvgIpc) is 2.84. The molecule has 1 heterocycles. The van der Waals surface area contributed by atoms with Crippen LogP contribution in [0.3, 0.4) is 0 Å². The molecule has 0 aromatic carbocycles. The predicted molar refractivity (Wildman–Crippen MR) is 103 cm³/mol. The van der Waals surface area contributed by atoms with Gasteiger partial charge in [-0.3, -0.25) is 0 Å². The summed E-state index contributed by atoms with van der Waals surface area (Å²) in [6.45, 7) is -1.66. The fourth-order valence-corrected chi connectivity index (χ4v) is 2.71. The third-order valence-electron chi connectivity index (χ3n) is 5.34. The maximum absolute atomic E-state index is 13.9. The number of aromatic nitrogens is 1. The number of hydrogen-bond acceptors (Lipinski definition) is 4. The van der Waals surface area contributed by atoms with Crippen molar-refractivity contribution in [2.24, 2.45) is 0 Å². The molecule has 1 aromatic heterocycles. The van der Waals surface area contributed by atoms with E-state index >= 15 is 0 Å². The number of halogens is 20. The molecule has 45 heavy (non-hydrogen) atoms. The van der Waals surface area contributed by atoms with Crippen molar-refractivity contribution < 1.29 is 110 Å². The normalized spacial score (nSPS) is 15.1. The summed E-state index contributed by atoms with van der Waals surface area (Å²) in [4.78, 5) is 0. The Bertz CT molecular complexity index is 1230. The number of hydrogen-bond donors (Lipinski definition) is 1. The van der Waals surface area contributed by atoms with E-state index in [9.17, 15) is 87.8 Å². The Kier molecular flexibility index (Phi) is 12.3. The Morgan fingerprint density at radius 1 is 0.622 bits per heavy atom. The zero-order valence-electron chi connectivity index (χ0n) is 20.9. The Labute approximate surface area is 237 Å². The van der Waals surface area contributed by atoms with E-state index in [1.807, 2.05) is 0 Å². The van der Waals surface area contributed by atoms with Gasteiger partial charge in [0.05, 0.1) is 6.42 Å². The van der Waals surface area contributed by atoms with Gasteiger partial charge >= 0.3 is 53.1 Å². The molecule has 266 valence electrons. The van der Waals surface area contributed by atoms with Gasteiger partial charge in [0.15, 0.2) is 29.1 Å². The lowest BCUT2D eigenvalue weighted by molar-refractivity contribution is -0.700. The molecule has 0 fully saturated rings. The fraction of sp³-hybridized carbons (Fsp3) is 0.737. The highest BCUT2D eigenvalue weighted by molar-refractivity contribution is 7.86. The quantitative estimate of drug-likeness (QED) is 0.118. The molecule has 0 bridgehead atoms. The number of aliphatic hydroxyl groups is 1. The van der Waals surface area contributed by atoms with Crippen molar-refractivity contribution in [2.75, 3.05) is 6.61 Å². The lowest BCUT2D eigenvalue weighted by Gasteiger charge is -2.42. The summed E-state index contributed by atoms with van der Waals surface area (Å²) < 4.78 is 285. The highest BCUT2D eigenvalue weighted by Gasteiger charge is 2.95. The summed E-state index contributed by atoms with van der Waals surface area (Å²) in [5, 5.41) is 8.68. The van der Waals surface area contributed by atoms with Crippen LogP contribution in [0.4, 0.5) is 87.8 Å². The van der Waals surface area contributed by atoms with Gasteiger partial charge in [0.2, 0.25) is 0 Å². The van der Waals surface area contributed by atoms with Gasteiger partial charge in [-0.25, -0.2) is 13.0 Å². The van der Waals surface area contributed by atoms with Gasteiger partial charge in [-0.05, 0) is 18.4 Å². The first-order chi connectivity index (χ1) is 19.5. The summed E-state index contributed by atoms with van der Waals surface area (Å²) in [6.07, 6.45) is -8.06. The van der Waals surface area contributed by atoms with Gasteiger partial charge in [0.25, 0.3) is 0 Å². The molecule has 0 saturated carbocycles. The Balaban J connectivity index is 0.00000212. The Morgan fingerprint density at radius 2 is 0.956 bits per heavy atom. The largest absolute Gasteiger partial charge is 0.741 e. The van der Waals surface area contributed by atoms with Crippen LogP contribution in [0.1, 0.15) is 18.4 Å². The zero-order valence-corrected chi connectivity index (χ0v) is 21.7. The van der Waals surface area contributed by atoms with Gasteiger partial charge in [0.1, 0.15) is 0 Å². The molecule has 1 aromatic rings. The maximum Gasteiger partial charge on any atom is 0.485 e. The third kappa shape index (κ3) is 8.13. The van der Waals surface area contributed by atoms with Crippen LogP contribution >= 0.6 is 0 Å². The first-order valence-corrected chi connectivity index (χ1v) is 12.2. The summed E-state index contributed by atoms with van der Waals surface area (Å²) in [5.74, 6) is -56.2. The second-order valence-corrected chi connectivity index (χ2v) is 9.94. The minimum atomic E-state index is -8.62. The number of aliphatic hydroxyl groups excluding tert-OH is 1. The van der Waals surface area contributed by atoms with Crippen LogP contribution in [0.15, 0.2) is 24.5 Å². The van der Waals surface area contributed by atoms with Crippen molar-refractivity contribution in [1.29, 1.82) is 0 Å². The fourth-order valence-electron chi connectivity index (χ4n) is 2.71. The molecule has 26 heteroatoms. The van der Waals surface area contributed by atoms with E-state index in [4.69, 9.17) is 18.1 Å². The summed E-state index contributed by atoms with van der Waals surface area (Å²) in [7, 11) is -6.09. The molecule has 0 radical (unpaired) electrons. The molecule has 1 rings (SSSR count). The van der Waals surface area contributed by atoms with Gasteiger partial charge in [0, 0.05) is 18.7 Å². The second kappa shape index (κ2) is 13.0. The monoisotopic (exact) mass is 733 g/mol. The predicted octanol–water partition coefficient (Wildman–Crippen LogP) is 6.35. The molecule has 0 saturated heterocycles. The molecule has 0 amide bonds. The molecule has 0 aliphatic carbocycles. The summed E-state index contributed by atoms with van der Waals surface area (Å²) >= 11 is 0. The first-order valence-electron chi connectivity index (χ1n) is 10.8. The lowest BCUT2D eigenvalue weighted by Crippen LogP contribution is -2.74. The smallest absolute Gasteiger partial charge is 0.485 e. The maximum atomic E-state index is 13.9. The Morgan fingerprint density at radius 3 is 1.27 bits per heavy atom. The van der Waals surface area contributed by atoms with Crippen molar-refractivity contribution in [3.8, 4) is 0 Å². The number of rotatable bonds is 12. The van der Waals surface area contributed by atoms with Crippen molar-refractivity contribution in [3.63, 3.8) is 0 Å². The van der Waals surface area contributed by atoms with Crippen molar-refractivity contribution in [3.05, 3.63) is 30.1 Å². The van der Waals surface area contributed by atoms with Crippen LogP contribution in [-0.4, -0.2) is 77.8 Å². The minimum absolute atomic E-state index is 0.232. The summed E-state index contributed by atoms with van der Waals surface area (Å²) in [5.41, 5.74) is -5.19. The average molecular weight is 733 g/mol. The van der Waals surface area contributed by atoms with E-state index < -0.39 is 76.2 Å². The van der Waals surface area contributed by atoms with Crippen LogP contribution in [0.2, 0.25) is 0 Å². The minimum Gasteiger partial charge on any atom is -0.741 e. The van der Waals surface area contributed by atoms with E-state index in [0.29, 0.717) is 10.1 Å². The molecule has 5 nitrogen and oxygen atoms in total. The molecular formula is C19H15F20NO4S. The number of aryl methyl sites for hydroxylation is 2. The number of pyridine rings is 1. The molecule has 0 atom stereocenters. The van der Waals surface area contributed by atoms with E-state index in [1.54, 1.807) is 0 Å². The van der Waals surface area contributed by atoms with E-state index in [1.165, 1.54) is 0 Å². The lowest BCUT2D eigenvalue weighted by atomic mass is 9.88. The van der Waals surface area contributed by atoms with E-state index in [0.717, 1.165) is 24.5 Å². The Hall–Kier alpha value is -2.38. The highest BCUT2D eigenvalue weighted by Crippen LogP contribution is 2.64. The van der Waals surface area contributed by atoms with Crippen LogP contribution in [-0.2, 0) is 23.1 Å².